The largest absolute Gasteiger partial charge is 0.393 e. The lowest BCUT2D eigenvalue weighted by atomic mass is 9.86. The molecule has 2 N–H and O–H groups in total. The summed E-state index contributed by atoms with van der Waals surface area (Å²) in [6, 6.07) is 0.385. The van der Waals surface area contributed by atoms with Gasteiger partial charge in [0.25, 0.3) is 0 Å². The number of carbonyl (C=O) groups is 1. The first kappa shape index (κ1) is 12.4. The van der Waals surface area contributed by atoms with Crippen LogP contribution in [0, 0.1) is 5.92 Å². The van der Waals surface area contributed by atoms with Crippen LogP contribution in [0.1, 0.15) is 39.0 Å². The normalized spacial score (nSPS) is 26.0. The predicted molar refractivity (Wildman–Crippen MR) is 65.6 cm³/mol. The van der Waals surface area contributed by atoms with E-state index in [1.165, 1.54) is 12.8 Å². The molecule has 4 heteroatoms. The quantitative estimate of drug-likeness (QED) is 0.748. The van der Waals surface area contributed by atoms with Crippen molar-refractivity contribution in [2.75, 3.05) is 7.05 Å². The zero-order chi connectivity index (χ0) is 11.4. The van der Waals surface area contributed by atoms with Crippen LogP contribution in [0.5, 0.6) is 0 Å². The van der Waals surface area contributed by atoms with Gasteiger partial charge in [-0.05, 0) is 18.8 Å². The molecule has 0 heterocycles. The number of nitrogens with two attached hydrogens (primary N) is 1. The highest BCUT2D eigenvalue weighted by molar-refractivity contribution is 7.80. The second-order valence-electron chi connectivity index (χ2n) is 4.57. The minimum Gasteiger partial charge on any atom is -0.393 e. The SMILES string of the molecule is CC1CCCC(N(C)C(=O)CC(N)=S)C1. The molecule has 0 aromatic rings. The molecule has 1 rings (SSSR count). The number of rotatable bonds is 3. The Balaban J connectivity index is 2.47. The van der Waals surface area contributed by atoms with Crippen LogP contribution < -0.4 is 5.73 Å². The fraction of sp³-hybridized carbons (Fsp3) is 0.818. The third-order valence-electron chi connectivity index (χ3n) is 3.18. The molecule has 0 saturated heterocycles. The molecule has 2 atom stereocenters. The van der Waals surface area contributed by atoms with Gasteiger partial charge in [-0.2, -0.15) is 0 Å². The molecule has 15 heavy (non-hydrogen) atoms. The van der Waals surface area contributed by atoms with Crippen LogP contribution in [-0.4, -0.2) is 28.9 Å². The van der Waals surface area contributed by atoms with Crippen molar-refractivity contribution in [2.24, 2.45) is 11.7 Å². The van der Waals surface area contributed by atoms with E-state index in [2.05, 4.69) is 6.92 Å². The highest BCUT2D eigenvalue weighted by atomic mass is 32.1. The van der Waals surface area contributed by atoms with E-state index in [0.717, 1.165) is 18.8 Å². The molecule has 0 aliphatic heterocycles. The fourth-order valence-corrected chi connectivity index (χ4v) is 2.35. The van der Waals surface area contributed by atoms with Crippen LogP contribution in [0.4, 0.5) is 0 Å². The van der Waals surface area contributed by atoms with E-state index in [9.17, 15) is 4.79 Å². The van der Waals surface area contributed by atoms with Crippen molar-refractivity contribution in [3.05, 3.63) is 0 Å². The van der Waals surface area contributed by atoms with Gasteiger partial charge in [0.15, 0.2) is 0 Å². The lowest BCUT2D eigenvalue weighted by Crippen LogP contribution is -2.41. The van der Waals surface area contributed by atoms with Crippen molar-refractivity contribution in [1.29, 1.82) is 0 Å². The number of nitrogens with zero attached hydrogens (tertiary/aromatic N) is 1. The summed E-state index contributed by atoms with van der Waals surface area (Å²) < 4.78 is 0. The Morgan fingerprint density at radius 1 is 1.53 bits per heavy atom. The number of amides is 1. The summed E-state index contributed by atoms with van der Waals surface area (Å²) in [6.07, 6.45) is 4.94. The molecule has 86 valence electrons. The summed E-state index contributed by atoms with van der Waals surface area (Å²) in [5.41, 5.74) is 5.37. The summed E-state index contributed by atoms with van der Waals surface area (Å²) >= 11 is 4.75. The van der Waals surface area contributed by atoms with Gasteiger partial charge in [-0.15, -0.1) is 0 Å². The first-order valence-electron chi connectivity index (χ1n) is 5.54. The van der Waals surface area contributed by atoms with Gasteiger partial charge >= 0.3 is 0 Å². The molecule has 1 fully saturated rings. The van der Waals surface area contributed by atoms with Gasteiger partial charge < -0.3 is 10.6 Å². The maximum Gasteiger partial charge on any atom is 0.229 e. The fourth-order valence-electron chi connectivity index (χ4n) is 2.23. The van der Waals surface area contributed by atoms with Crippen LogP contribution in [0.15, 0.2) is 0 Å². The third-order valence-corrected chi connectivity index (χ3v) is 3.32. The van der Waals surface area contributed by atoms with Gasteiger partial charge in [0.1, 0.15) is 0 Å². The Morgan fingerprint density at radius 2 is 2.20 bits per heavy atom. The van der Waals surface area contributed by atoms with Crippen molar-refractivity contribution in [2.45, 2.75) is 45.1 Å². The van der Waals surface area contributed by atoms with Gasteiger partial charge in [0.05, 0.1) is 11.4 Å². The molecular formula is C11H20N2OS. The maximum atomic E-state index is 11.7. The smallest absolute Gasteiger partial charge is 0.229 e. The average Bonchev–Trinajstić information content (AvgIpc) is 2.15. The van der Waals surface area contributed by atoms with Gasteiger partial charge in [-0.1, -0.05) is 32.0 Å². The zero-order valence-electron chi connectivity index (χ0n) is 9.53. The first-order chi connectivity index (χ1) is 7.00. The Labute approximate surface area is 97.0 Å². The third kappa shape index (κ3) is 3.78. The van der Waals surface area contributed by atoms with Crippen LogP contribution >= 0.6 is 12.2 Å². The molecule has 0 aromatic heterocycles. The van der Waals surface area contributed by atoms with Crippen LogP contribution in [0.2, 0.25) is 0 Å². The van der Waals surface area contributed by atoms with E-state index in [0.29, 0.717) is 6.04 Å². The molecule has 3 nitrogen and oxygen atoms in total. The van der Waals surface area contributed by atoms with Crippen molar-refractivity contribution >= 4 is 23.1 Å². The summed E-state index contributed by atoms with van der Waals surface area (Å²) in [6.45, 7) is 2.25. The summed E-state index contributed by atoms with van der Waals surface area (Å²) in [4.78, 5) is 13.8. The second-order valence-corrected chi connectivity index (χ2v) is 5.10. The standard InChI is InChI=1S/C11H20N2OS/c1-8-4-3-5-9(6-8)13(2)11(14)7-10(12)15/h8-9H,3-7H2,1-2H3,(H2,12,15). The maximum absolute atomic E-state index is 11.7. The Morgan fingerprint density at radius 3 is 2.73 bits per heavy atom. The molecular weight excluding hydrogens is 208 g/mol. The van der Waals surface area contributed by atoms with Crippen LogP contribution in [0.25, 0.3) is 0 Å². The highest BCUT2D eigenvalue weighted by Gasteiger charge is 2.25. The molecule has 0 aromatic carbocycles. The van der Waals surface area contributed by atoms with Crippen molar-refractivity contribution < 1.29 is 4.79 Å². The van der Waals surface area contributed by atoms with E-state index < -0.39 is 0 Å². The molecule has 1 saturated carbocycles. The summed E-state index contributed by atoms with van der Waals surface area (Å²) in [5, 5.41) is 0. The molecule has 1 amide bonds. The van der Waals surface area contributed by atoms with E-state index >= 15 is 0 Å². The van der Waals surface area contributed by atoms with Crippen molar-refractivity contribution in [3.8, 4) is 0 Å². The number of thiocarbonyl (C=S) groups is 1. The van der Waals surface area contributed by atoms with E-state index in [1.807, 2.05) is 11.9 Å². The van der Waals surface area contributed by atoms with Crippen molar-refractivity contribution in [3.63, 3.8) is 0 Å². The Kier molecular flexibility index (Phi) is 4.51. The zero-order valence-corrected chi connectivity index (χ0v) is 10.3. The van der Waals surface area contributed by atoms with E-state index in [1.54, 1.807) is 0 Å². The second kappa shape index (κ2) is 5.45. The first-order valence-corrected chi connectivity index (χ1v) is 5.95. The molecule has 1 aliphatic rings. The van der Waals surface area contributed by atoms with Crippen LogP contribution in [-0.2, 0) is 4.79 Å². The predicted octanol–water partition coefficient (Wildman–Crippen LogP) is 1.70. The monoisotopic (exact) mass is 228 g/mol. The van der Waals surface area contributed by atoms with Crippen molar-refractivity contribution in [1.82, 2.24) is 4.90 Å². The Hall–Kier alpha value is -0.640. The Bertz CT molecular complexity index is 255. The number of hydrogen-bond acceptors (Lipinski definition) is 2. The van der Waals surface area contributed by atoms with Crippen LogP contribution in [0.3, 0.4) is 0 Å². The minimum atomic E-state index is 0.0570. The lowest BCUT2D eigenvalue weighted by molar-refractivity contribution is -0.131. The molecule has 0 bridgehead atoms. The molecule has 0 spiro atoms. The molecule has 2 unspecified atom stereocenters. The van der Waals surface area contributed by atoms with Gasteiger partial charge in [-0.3, -0.25) is 4.79 Å². The van der Waals surface area contributed by atoms with Gasteiger partial charge in [0.2, 0.25) is 5.91 Å². The minimum absolute atomic E-state index is 0.0570. The number of hydrogen-bond donors (Lipinski definition) is 1. The average molecular weight is 228 g/mol. The topological polar surface area (TPSA) is 46.3 Å². The van der Waals surface area contributed by atoms with Gasteiger partial charge in [0, 0.05) is 13.1 Å². The number of carbonyl (C=O) groups excluding carboxylic acids is 1. The molecule has 1 aliphatic carbocycles. The summed E-state index contributed by atoms with van der Waals surface area (Å²) in [5.74, 6) is 0.783. The van der Waals surface area contributed by atoms with Gasteiger partial charge in [-0.25, -0.2) is 0 Å². The lowest BCUT2D eigenvalue weighted by Gasteiger charge is -2.34. The highest BCUT2D eigenvalue weighted by Crippen LogP contribution is 2.26. The van der Waals surface area contributed by atoms with E-state index in [-0.39, 0.29) is 17.3 Å². The van der Waals surface area contributed by atoms with E-state index in [4.69, 9.17) is 18.0 Å². The summed E-state index contributed by atoms with van der Waals surface area (Å²) in [7, 11) is 1.86. The molecule has 0 radical (unpaired) electrons.